The van der Waals surface area contributed by atoms with Crippen LogP contribution in [-0.4, -0.2) is 69.1 Å². The summed E-state index contributed by atoms with van der Waals surface area (Å²) in [5.74, 6) is -1.31. The molecule has 1 saturated heterocycles. The lowest BCUT2D eigenvalue weighted by atomic mass is 9.54. The number of nitrogen functional groups attached to an aromatic ring is 1. The van der Waals surface area contributed by atoms with Crippen LogP contribution < -0.4 is 16.4 Å². The molecule has 5 aliphatic rings. The summed E-state index contributed by atoms with van der Waals surface area (Å²) in [7, 11) is 0. The number of benzene rings is 2. The molecule has 0 aromatic heterocycles. The Balaban J connectivity index is 1.20. The number of amidine groups is 1. The van der Waals surface area contributed by atoms with Crippen LogP contribution in [0.2, 0.25) is 0 Å². The number of hydrogen-bond donors (Lipinski definition) is 5. The third-order valence-electron chi connectivity index (χ3n) is 10.5. The van der Waals surface area contributed by atoms with Gasteiger partial charge >= 0.3 is 12.0 Å². The number of hydrogen-bond acceptors (Lipinski definition) is 6. The van der Waals surface area contributed by atoms with Crippen LogP contribution in [0.25, 0.3) is 0 Å². The van der Waals surface area contributed by atoms with E-state index < -0.39 is 54.3 Å². The van der Waals surface area contributed by atoms with Crippen molar-refractivity contribution in [3.8, 4) is 0 Å². The van der Waals surface area contributed by atoms with Crippen LogP contribution in [0.4, 0.5) is 4.79 Å². The van der Waals surface area contributed by atoms with Gasteiger partial charge in [0.1, 0.15) is 24.0 Å². The zero-order chi connectivity index (χ0) is 32.7. The molecule has 7 rings (SSSR count). The Hall–Kier alpha value is -4.74. The Morgan fingerprint density at radius 1 is 0.978 bits per heavy atom. The van der Waals surface area contributed by atoms with Crippen LogP contribution in [0.1, 0.15) is 62.1 Å². The molecule has 2 atom stereocenters. The lowest BCUT2D eigenvalue weighted by Gasteiger charge is -2.54. The van der Waals surface area contributed by atoms with Crippen molar-refractivity contribution >= 4 is 35.6 Å². The van der Waals surface area contributed by atoms with Gasteiger partial charge in [-0.15, -0.1) is 0 Å². The van der Waals surface area contributed by atoms with Gasteiger partial charge in [0.05, 0.1) is 6.42 Å². The van der Waals surface area contributed by atoms with Gasteiger partial charge in [-0.3, -0.25) is 29.5 Å². The fourth-order valence-electron chi connectivity index (χ4n) is 8.38. The average molecular weight is 629 g/mol. The van der Waals surface area contributed by atoms with Crippen LogP contribution in [0.15, 0.2) is 54.6 Å². The molecule has 4 saturated carbocycles. The van der Waals surface area contributed by atoms with Crippen molar-refractivity contribution in [2.75, 3.05) is 6.54 Å². The smallest absolute Gasteiger partial charge is 0.328 e. The standard InChI is InChI=1S/C34H40N6O6/c1-34(25-9-7-22(8-10-25)30(35)36)32(45)39(33(46)40(34)17-19-5-3-2-4-6-19)18-27(41)37-26(16-28(42)43)31(44)38-29-23-12-20-11-21(14-23)15-24(29)13-20/h2-10,20-21,23-24,26,29H,11-18H2,1H3,(H3,35,36)(H,37,41)(H,38,44)(H,42,43)/t20?,21?,23?,24?,26-,29?,34?/m0/s1. The minimum Gasteiger partial charge on any atom is -0.481 e. The number of carboxylic acids is 1. The summed E-state index contributed by atoms with van der Waals surface area (Å²) < 4.78 is 0. The van der Waals surface area contributed by atoms with Gasteiger partial charge in [-0.05, 0) is 73.8 Å². The molecule has 0 radical (unpaired) electrons. The number of carbonyl (C=O) groups is 5. The molecule has 6 N–H and O–H groups in total. The monoisotopic (exact) mass is 628 g/mol. The van der Waals surface area contributed by atoms with Gasteiger partial charge in [0.25, 0.3) is 5.91 Å². The molecule has 242 valence electrons. The van der Waals surface area contributed by atoms with Crippen molar-refractivity contribution in [1.82, 2.24) is 20.4 Å². The van der Waals surface area contributed by atoms with Gasteiger partial charge in [0.2, 0.25) is 11.8 Å². The van der Waals surface area contributed by atoms with Crippen LogP contribution in [0, 0.1) is 29.1 Å². The van der Waals surface area contributed by atoms with Gasteiger partial charge in [-0.1, -0.05) is 54.6 Å². The Morgan fingerprint density at radius 3 is 2.15 bits per heavy atom. The topological polar surface area (TPSA) is 186 Å². The first-order valence-electron chi connectivity index (χ1n) is 15.9. The lowest BCUT2D eigenvalue weighted by Crippen LogP contribution is -2.59. The van der Waals surface area contributed by atoms with Crippen molar-refractivity contribution in [3.63, 3.8) is 0 Å². The average Bonchev–Trinajstić information content (AvgIpc) is 3.19. The largest absolute Gasteiger partial charge is 0.481 e. The van der Waals surface area contributed by atoms with Gasteiger partial charge < -0.3 is 26.4 Å². The van der Waals surface area contributed by atoms with E-state index >= 15 is 0 Å². The Bertz CT molecular complexity index is 1530. The summed E-state index contributed by atoms with van der Waals surface area (Å²) in [5.41, 5.74) is 5.80. The number of carboxylic acid groups (broad SMARTS) is 1. The minimum absolute atomic E-state index is 0.0446. The molecule has 1 unspecified atom stereocenters. The van der Waals surface area contributed by atoms with Crippen LogP contribution in [-0.2, 0) is 31.3 Å². The second kappa shape index (κ2) is 12.2. The summed E-state index contributed by atoms with van der Waals surface area (Å²) in [6, 6.07) is 13.5. The molecule has 4 aliphatic carbocycles. The lowest BCUT2D eigenvalue weighted by molar-refractivity contribution is -0.142. The van der Waals surface area contributed by atoms with Gasteiger partial charge in [0.15, 0.2) is 0 Å². The van der Waals surface area contributed by atoms with Crippen molar-refractivity contribution in [2.45, 2.75) is 69.6 Å². The fourth-order valence-corrected chi connectivity index (χ4v) is 8.38. The number of nitrogens with zero attached hydrogens (tertiary/aromatic N) is 2. The van der Waals surface area contributed by atoms with E-state index in [1.165, 1.54) is 11.3 Å². The number of amides is 5. The second-order valence-electron chi connectivity index (χ2n) is 13.5. The van der Waals surface area contributed by atoms with Crippen LogP contribution in [0.5, 0.6) is 0 Å². The van der Waals surface area contributed by atoms with E-state index in [0.717, 1.165) is 36.1 Å². The van der Waals surface area contributed by atoms with Crippen molar-refractivity contribution in [1.29, 1.82) is 5.41 Å². The summed E-state index contributed by atoms with van der Waals surface area (Å²) in [4.78, 5) is 68.6. The Morgan fingerprint density at radius 2 is 1.59 bits per heavy atom. The number of imide groups is 1. The Kier molecular flexibility index (Phi) is 8.30. The summed E-state index contributed by atoms with van der Waals surface area (Å²) in [5, 5.41) is 22.8. The molecule has 12 nitrogen and oxygen atoms in total. The SMILES string of the molecule is CC1(c2ccc(C(=N)N)cc2)C(=O)N(CC(=O)N[C@@H](CC(=O)O)C(=O)NC2C3CC4CC(C3)CC2C4)C(=O)N1Cc1ccccc1. The van der Waals surface area contributed by atoms with E-state index in [9.17, 15) is 29.1 Å². The van der Waals surface area contributed by atoms with Gasteiger partial charge in [-0.25, -0.2) is 4.79 Å². The maximum atomic E-state index is 14.0. The molecule has 0 spiro atoms. The highest BCUT2D eigenvalue weighted by atomic mass is 16.4. The molecule has 4 bridgehead atoms. The van der Waals surface area contributed by atoms with E-state index in [0.29, 0.717) is 34.8 Å². The first kappa shape index (κ1) is 31.3. The maximum absolute atomic E-state index is 14.0. The fraction of sp³-hybridized carbons (Fsp3) is 0.471. The normalized spacial score (nSPS) is 28.7. The zero-order valence-corrected chi connectivity index (χ0v) is 25.8. The highest BCUT2D eigenvalue weighted by molar-refractivity contribution is 6.09. The molecule has 2 aromatic rings. The highest BCUT2D eigenvalue weighted by Crippen LogP contribution is 2.53. The number of nitrogens with two attached hydrogens (primary N) is 1. The number of aliphatic carboxylic acids is 1. The van der Waals surface area contributed by atoms with Crippen molar-refractivity contribution < 1.29 is 29.1 Å². The molecular formula is C34H40N6O6. The maximum Gasteiger partial charge on any atom is 0.328 e. The predicted molar refractivity (Wildman–Crippen MR) is 167 cm³/mol. The van der Waals surface area contributed by atoms with Crippen LogP contribution >= 0.6 is 0 Å². The van der Waals surface area contributed by atoms with Crippen molar-refractivity contribution in [2.24, 2.45) is 29.4 Å². The molecule has 1 aliphatic heterocycles. The molecule has 1 heterocycles. The highest BCUT2D eigenvalue weighted by Gasteiger charge is 2.56. The van der Waals surface area contributed by atoms with E-state index in [2.05, 4.69) is 10.6 Å². The van der Waals surface area contributed by atoms with Gasteiger partial charge in [-0.2, -0.15) is 0 Å². The number of carbonyl (C=O) groups excluding carboxylic acids is 4. The number of nitrogens with one attached hydrogen (secondary N) is 3. The zero-order valence-electron chi connectivity index (χ0n) is 25.8. The third-order valence-corrected chi connectivity index (χ3v) is 10.5. The number of urea groups is 1. The molecule has 12 heteroatoms. The summed E-state index contributed by atoms with van der Waals surface area (Å²) >= 11 is 0. The first-order valence-corrected chi connectivity index (χ1v) is 15.9. The first-order chi connectivity index (χ1) is 21.9. The second-order valence-corrected chi connectivity index (χ2v) is 13.5. The third kappa shape index (κ3) is 5.83. The predicted octanol–water partition coefficient (Wildman–Crippen LogP) is 2.55. The van der Waals surface area contributed by atoms with Crippen molar-refractivity contribution in [3.05, 3.63) is 71.3 Å². The molecule has 5 amide bonds. The summed E-state index contributed by atoms with van der Waals surface area (Å²) in [6.07, 6.45) is 4.86. The van der Waals surface area contributed by atoms with E-state index in [-0.39, 0.29) is 18.4 Å². The van der Waals surface area contributed by atoms with E-state index in [4.69, 9.17) is 11.1 Å². The van der Waals surface area contributed by atoms with Gasteiger partial charge in [0, 0.05) is 18.2 Å². The molecule has 5 fully saturated rings. The quantitative estimate of drug-likeness (QED) is 0.144. The number of rotatable bonds is 11. The molecule has 2 aromatic carbocycles. The molecule has 46 heavy (non-hydrogen) atoms. The van der Waals surface area contributed by atoms with Crippen LogP contribution in [0.3, 0.4) is 0 Å². The Labute approximate surface area is 267 Å². The summed E-state index contributed by atoms with van der Waals surface area (Å²) in [6.45, 7) is 0.984. The van der Waals surface area contributed by atoms with E-state index in [1.54, 1.807) is 31.2 Å². The minimum atomic E-state index is -1.50. The van der Waals surface area contributed by atoms with E-state index in [1.807, 2.05) is 30.3 Å². The molecular weight excluding hydrogens is 588 g/mol.